The van der Waals surface area contributed by atoms with Gasteiger partial charge in [0.05, 0.1) is 7.11 Å². The van der Waals surface area contributed by atoms with Crippen LogP contribution in [0.25, 0.3) is 5.70 Å². The molecule has 5 nitrogen and oxygen atoms in total. The van der Waals surface area contributed by atoms with Crippen molar-refractivity contribution in [2.24, 2.45) is 0 Å². The summed E-state index contributed by atoms with van der Waals surface area (Å²) in [7, 11) is 1.62. The molecule has 0 unspecified atom stereocenters. The van der Waals surface area contributed by atoms with Crippen LogP contribution in [0.5, 0.6) is 5.75 Å². The van der Waals surface area contributed by atoms with Gasteiger partial charge in [0.15, 0.2) is 5.78 Å². The fourth-order valence-electron chi connectivity index (χ4n) is 3.45. The molecule has 0 atom stereocenters. The van der Waals surface area contributed by atoms with Gasteiger partial charge in [0.25, 0.3) is 5.91 Å². The van der Waals surface area contributed by atoms with Gasteiger partial charge in [-0.1, -0.05) is 24.3 Å². The van der Waals surface area contributed by atoms with E-state index in [1.165, 1.54) is 0 Å². The van der Waals surface area contributed by atoms with E-state index in [1.807, 2.05) is 18.2 Å². The van der Waals surface area contributed by atoms with Crippen molar-refractivity contribution < 1.29 is 14.3 Å². The third-order valence-corrected chi connectivity index (χ3v) is 4.80. The first-order valence-electron chi connectivity index (χ1n) is 9.53. The molecule has 2 aromatic carbocycles. The molecule has 0 spiro atoms. The third-order valence-electron chi connectivity index (χ3n) is 4.80. The van der Waals surface area contributed by atoms with Crippen LogP contribution in [0.15, 0.2) is 61.2 Å². The molecule has 1 aliphatic heterocycles. The Morgan fingerprint density at radius 3 is 2.69 bits per heavy atom. The minimum Gasteiger partial charge on any atom is -0.497 e. The molecule has 2 N–H and O–H groups in total. The summed E-state index contributed by atoms with van der Waals surface area (Å²) in [5, 5.41) is 6.18. The van der Waals surface area contributed by atoms with Crippen LogP contribution in [0.4, 0.5) is 0 Å². The van der Waals surface area contributed by atoms with Crippen molar-refractivity contribution in [2.45, 2.75) is 25.8 Å². The lowest BCUT2D eigenvalue weighted by atomic mass is 9.85. The highest BCUT2D eigenvalue weighted by molar-refractivity contribution is 6.10. The number of hydrogen-bond acceptors (Lipinski definition) is 4. The first kappa shape index (κ1) is 20.4. The van der Waals surface area contributed by atoms with Crippen molar-refractivity contribution >= 4 is 17.4 Å². The molecule has 0 radical (unpaired) electrons. The smallest absolute Gasteiger partial charge is 0.251 e. The molecule has 0 saturated heterocycles. The topological polar surface area (TPSA) is 67.4 Å². The van der Waals surface area contributed by atoms with Crippen molar-refractivity contribution in [3.05, 3.63) is 83.4 Å². The van der Waals surface area contributed by atoms with Crippen molar-refractivity contribution in [3.63, 3.8) is 0 Å². The van der Waals surface area contributed by atoms with Crippen LogP contribution in [0.2, 0.25) is 0 Å². The number of amides is 1. The molecule has 150 valence electrons. The van der Waals surface area contributed by atoms with E-state index in [-0.39, 0.29) is 17.2 Å². The minimum absolute atomic E-state index is 0.169. The lowest BCUT2D eigenvalue weighted by Gasteiger charge is -2.35. The van der Waals surface area contributed by atoms with Crippen LogP contribution in [-0.4, -0.2) is 30.9 Å². The zero-order valence-electron chi connectivity index (χ0n) is 17.0. The number of ether oxygens (including phenoxy) is 1. The Morgan fingerprint density at radius 2 is 1.97 bits per heavy atom. The van der Waals surface area contributed by atoms with Crippen LogP contribution in [-0.2, 0) is 6.42 Å². The average molecular weight is 390 g/mol. The number of hydrogen-bond donors (Lipinski definition) is 2. The summed E-state index contributed by atoms with van der Waals surface area (Å²) >= 11 is 0. The van der Waals surface area contributed by atoms with Gasteiger partial charge in [-0.25, -0.2) is 0 Å². The maximum absolute atomic E-state index is 13.0. The maximum atomic E-state index is 13.0. The molecular formula is C24H26N2O3. The zero-order chi connectivity index (χ0) is 21.0. The Kier molecular flexibility index (Phi) is 5.87. The number of allylic oxidation sites excluding steroid dienone is 1. The number of nitrogens with one attached hydrogen (secondary N) is 2. The Hall–Kier alpha value is -3.34. The summed E-state index contributed by atoms with van der Waals surface area (Å²) in [6.45, 7) is 8.16. The van der Waals surface area contributed by atoms with Gasteiger partial charge >= 0.3 is 0 Å². The Morgan fingerprint density at radius 1 is 1.21 bits per heavy atom. The molecular weight excluding hydrogens is 364 g/mol. The molecule has 1 aliphatic rings. The largest absolute Gasteiger partial charge is 0.497 e. The van der Waals surface area contributed by atoms with Gasteiger partial charge in [0, 0.05) is 40.5 Å². The molecule has 1 amide bonds. The Balaban J connectivity index is 1.95. The van der Waals surface area contributed by atoms with Crippen molar-refractivity contribution in [1.82, 2.24) is 10.6 Å². The highest BCUT2D eigenvalue weighted by Gasteiger charge is 2.28. The van der Waals surface area contributed by atoms with Gasteiger partial charge in [-0.15, -0.1) is 6.58 Å². The summed E-state index contributed by atoms with van der Waals surface area (Å²) < 4.78 is 5.35. The molecule has 0 aliphatic carbocycles. The molecule has 0 aromatic heterocycles. The number of rotatable bonds is 6. The second-order valence-electron chi connectivity index (χ2n) is 7.71. The van der Waals surface area contributed by atoms with E-state index in [0.717, 1.165) is 29.0 Å². The van der Waals surface area contributed by atoms with Gasteiger partial charge in [0.2, 0.25) is 0 Å². The predicted octanol–water partition coefficient (Wildman–Crippen LogP) is 3.76. The molecule has 0 bridgehead atoms. The standard InChI is InChI=1S/C24H26N2O3/c1-5-11-25-23(28)17-8-6-7-16(12-17)22(27)14-21-20-13-19(29-4)10-9-18(20)15-24(2,3)26-21/h5-10,12-14,26H,1,11,15H2,2-4H3,(H,25,28). The number of benzene rings is 2. The van der Waals surface area contributed by atoms with Gasteiger partial charge in [-0.3, -0.25) is 9.59 Å². The van der Waals surface area contributed by atoms with E-state index >= 15 is 0 Å². The minimum atomic E-state index is -0.237. The van der Waals surface area contributed by atoms with Gasteiger partial charge < -0.3 is 15.4 Å². The van der Waals surface area contributed by atoms with E-state index in [2.05, 4.69) is 31.1 Å². The second-order valence-corrected chi connectivity index (χ2v) is 7.71. The first-order chi connectivity index (χ1) is 13.8. The molecule has 1 heterocycles. The molecule has 5 heteroatoms. The SMILES string of the molecule is C=CCNC(=O)c1cccc(C(=O)C=C2NC(C)(C)Cc3ccc(OC)cc32)c1. The number of ketones is 1. The highest BCUT2D eigenvalue weighted by atomic mass is 16.5. The van der Waals surface area contributed by atoms with Crippen LogP contribution < -0.4 is 15.4 Å². The lowest BCUT2D eigenvalue weighted by molar-refractivity contribution is 0.0958. The fourth-order valence-corrected chi connectivity index (χ4v) is 3.45. The second kappa shape index (κ2) is 8.35. The summed E-state index contributed by atoms with van der Waals surface area (Å²) in [5.41, 5.74) is 3.58. The number of carbonyl (C=O) groups is 2. The average Bonchev–Trinajstić information content (AvgIpc) is 2.71. The number of carbonyl (C=O) groups excluding carboxylic acids is 2. The number of methoxy groups -OCH3 is 1. The fraction of sp³-hybridized carbons (Fsp3) is 0.250. The monoisotopic (exact) mass is 390 g/mol. The predicted molar refractivity (Wildman–Crippen MR) is 115 cm³/mol. The summed E-state index contributed by atoms with van der Waals surface area (Å²) in [6.07, 6.45) is 4.05. The van der Waals surface area contributed by atoms with E-state index in [1.54, 1.807) is 43.5 Å². The van der Waals surface area contributed by atoms with E-state index in [0.29, 0.717) is 17.7 Å². The lowest BCUT2D eigenvalue weighted by Crippen LogP contribution is -2.43. The molecule has 29 heavy (non-hydrogen) atoms. The van der Waals surface area contributed by atoms with Crippen molar-refractivity contribution in [2.75, 3.05) is 13.7 Å². The van der Waals surface area contributed by atoms with Crippen molar-refractivity contribution in [3.8, 4) is 5.75 Å². The number of fused-ring (bicyclic) bond motifs is 1. The molecule has 0 fully saturated rings. The maximum Gasteiger partial charge on any atom is 0.251 e. The van der Waals surface area contributed by atoms with Gasteiger partial charge in [-0.2, -0.15) is 0 Å². The summed E-state index contributed by atoms with van der Waals surface area (Å²) in [4.78, 5) is 25.2. The quantitative estimate of drug-likeness (QED) is 0.448. The van der Waals surface area contributed by atoms with E-state index in [4.69, 9.17) is 4.74 Å². The van der Waals surface area contributed by atoms with E-state index in [9.17, 15) is 9.59 Å². The van der Waals surface area contributed by atoms with Crippen LogP contribution >= 0.6 is 0 Å². The van der Waals surface area contributed by atoms with E-state index < -0.39 is 0 Å². The highest BCUT2D eigenvalue weighted by Crippen LogP contribution is 2.32. The zero-order valence-corrected chi connectivity index (χ0v) is 17.0. The molecule has 0 saturated carbocycles. The van der Waals surface area contributed by atoms with Gasteiger partial charge in [0.1, 0.15) is 5.75 Å². The van der Waals surface area contributed by atoms with Crippen LogP contribution in [0.1, 0.15) is 45.7 Å². The van der Waals surface area contributed by atoms with Crippen LogP contribution in [0.3, 0.4) is 0 Å². The normalized spacial score (nSPS) is 15.8. The van der Waals surface area contributed by atoms with Crippen LogP contribution in [0, 0.1) is 0 Å². The third kappa shape index (κ3) is 4.74. The summed E-state index contributed by atoms with van der Waals surface area (Å²) in [6, 6.07) is 12.6. The Labute approximate surface area is 171 Å². The summed E-state index contributed by atoms with van der Waals surface area (Å²) in [5.74, 6) is 0.334. The van der Waals surface area contributed by atoms with Gasteiger partial charge in [-0.05, 0) is 50.1 Å². The first-order valence-corrected chi connectivity index (χ1v) is 9.53. The Bertz CT molecular complexity index is 989. The van der Waals surface area contributed by atoms with Crippen molar-refractivity contribution in [1.29, 1.82) is 0 Å². The molecule has 2 aromatic rings. The molecule has 3 rings (SSSR count).